The van der Waals surface area contributed by atoms with Crippen molar-refractivity contribution in [2.24, 2.45) is 0 Å². The Morgan fingerprint density at radius 2 is 2.07 bits per heavy atom. The number of amides is 1. The van der Waals surface area contributed by atoms with Crippen LogP contribution in [0.2, 0.25) is 0 Å². The van der Waals surface area contributed by atoms with E-state index in [1.807, 2.05) is 18.2 Å². The topological polar surface area (TPSA) is 125 Å². The van der Waals surface area contributed by atoms with E-state index in [1.54, 1.807) is 25.2 Å². The summed E-state index contributed by atoms with van der Waals surface area (Å²) in [6.07, 6.45) is 0.288. The first-order valence-corrected chi connectivity index (χ1v) is 9.05. The van der Waals surface area contributed by atoms with E-state index in [-0.39, 0.29) is 30.6 Å². The van der Waals surface area contributed by atoms with Gasteiger partial charge in [-0.1, -0.05) is 24.0 Å². The molecular weight excluding hydrogens is 370 g/mol. The number of hydrogen-bond donors (Lipinski definition) is 3. The zero-order valence-electron chi connectivity index (χ0n) is 15.8. The molecule has 1 aliphatic rings. The van der Waals surface area contributed by atoms with Crippen molar-refractivity contribution in [3.63, 3.8) is 0 Å². The van der Waals surface area contributed by atoms with Crippen molar-refractivity contribution >= 4 is 22.8 Å². The van der Waals surface area contributed by atoms with Crippen molar-refractivity contribution in [3.8, 4) is 23.1 Å². The van der Waals surface area contributed by atoms with E-state index >= 15 is 0 Å². The first-order valence-electron chi connectivity index (χ1n) is 9.05. The van der Waals surface area contributed by atoms with Crippen LogP contribution in [0, 0.1) is 11.8 Å². The second-order valence-corrected chi connectivity index (χ2v) is 6.92. The Morgan fingerprint density at radius 3 is 2.79 bits per heavy atom. The molecular formula is C21H19N5O3. The van der Waals surface area contributed by atoms with Crippen LogP contribution in [0.1, 0.15) is 17.8 Å². The number of pyridine rings is 1. The molecule has 0 aliphatic carbocycles. The van der Waals surface area contributed by atoms with Crippen molar-refractivity contribution < 1.29 is 15.0 Å². The van der Waals surface area contributed by atoms with Crippen LogP contribution in [-0.2, 0) is 11.4 Å². The first kappa shape index (κ1) is 18.8. The molecule has 0 spiro atoms. The van der Waals surface area contributed by atoms with Crippen LogP contribution in [0.4, 0.5) is 5.82 Å². The Hall–Kier alpha value is -3.54. The minimum atomic E-state index is -1.64. The summed E-state index contributed by atoms with van der Waals surface area (Å²) in [6, 6.07) is 10.9. The number of aliphatic hydroxyl groups excluding tert-OH is 1. The minimum absolute atomic E-state index is 0.197. The van der Waals surface area contributed by atoms with E-state index in [0.29, 0.717) is 28.8 Å². The smallest absolute Gasteiger partial charge is 0.267 e. The molecule has 1 fully saturated rings. The van der Waals surface area contributed by atoms with Gasteiger partial charge < -0.3 is 20.8 Å². The number of benzene rings is 1. The zero-order chi connectivity index (χ0) is 20.6. The predicted molar refractivity (Wildman–Crippen MR) is 107 cm³/mol. The number of carbonyl (C=O) groups excluding carboxylic acids is 1. The zero-order valence-corrected chi connectivity index (χ0v) is 15.8. The molecule has 0 radical (unpaired) electrons. The molecule has 4 rings (SSSR count). The normalized spacial score (nSPS) is 18.7. The average Bonchev–Trinajstić information content (AvgIpc) is 3.00. The Morgan fingerprint density at radius 1 is 1.24 bits per heavy atom. The molecule has 8 heteroatoms. The quantitative estimate of drug-likeness (QED) is 0.551. The number of rotatable bonds is 2. The molecule has 0 bridgehead atoms. The molecule has 8 nitrogen and oxygen atoms in total. The van der Waals surface area contributed by atoms with E-state index in [2.05, 4.69) is 26.8 Å². The highest BCUT2D eigenvalue weighted by Gasteiger charge is 2.42. The van der Waals surface area contributed by atoms with Crippen molar-refractivity contribution in [3.05, 3.63) is 47.8 Å². The highest BCUT2D eigenvalue weighted by molar-refractivity contribution is 5.90. The number of nitrogens with two attached hydrogens (primary N) is 1. The third-order valence-electron chi connectivity index (χ3n) is 4.84. The van der Waals surface area contributed by atoms with Gasteiger partial charge in [0, 0.05) is 31.1 Å². The summed E-state index contributed by atoms with van der Waals surface area (Å²) in [5, 5.41) is 19.7. The van der Waals surface area contributed by atoms with Crippen molar-refractivity contribution in [1.29, 1.82) is 0 Å². The summed E-state index contributed by atoms with van der Waals surface area (Å²) < 4.78 is 0. The van der Waals surface area contributed by atoms with Gasteiger partial charge in [-0.15, -0.1) is 0 Å². The minimum Gasteiger partial charge on any atom is -0.388 e. The lowest BCUT2D eigenvalue weighted by atomic mass is 10.0. The van der Waals surface area contributed by atoms with Crippen molar-refractivity contribution in [1.82, 2.24) is 19.9 Å². The van der Waals surface area contributed by atoms with Crippen LogP contribution in [-0.4, -0.2) is 55.2 Å². The maximum Gasteiger partial charge on any atom is 0.267 e. The van der Waals surface area contributed by atoms with E-state index in [4.69, 9.17) is 5.73 Å². The fourth-order valence-corrected chi connectivity index (χ4v) is 3.22. The van der Waals surface area contributed by atoms with Gasteiger partial charge in [0.25, 0.3) is 5.91 Å². The Balaban J connectivity index is 1.69. The molecule has 1 aliphatic heterocycles. The van der Waals surface area contributed by atoms with Crippen LogP contribution < -0.4 is 5.73 Å². The maximum atomic E-state index is 12.1. The predicted octanol–water partition coefficient (Wildman–Crippen LogP) is 0.711. The molecule has 1 saturated heterocycles. The van der Waals surface area contributed by atoms with Crippen LogP contribution in [0.3, 0.4) is 0 Å². The van der Waals surface area contributed by atoms with Gasteiger partial charge in [0.15, 0.2) is 11.6 Å². The molecule has 1 amide bonds. The van der Waals surface area contributed by atoms with E-state index in [0.717, 1.165) is 5.56 Å². The number of likely N-dealkylation sites (tertiary alicyclic amines) is 1. The average molecular weight is 389 g/mol. The molecule has 3 heterocycles. The third kappa shape index (κ3) is 3.49. The highest BCUT2D eigenvalue weighted by atomic mass is 16.3. The van der Waals surface area contributed by atoms with Gasteiger partial charge in [-0.2, -0.15) is 0 Å². The maximum absolute atomic E-state index is 12.1. The lowest BCUT2D eigenvalue weighted by Crippen LogP contribution is -2.37. The van der Waals surface area contributed by atoms with Crippen molar-refractivity contribution in [2.75, 3.05) is 19.3 Å². The lowest BCUT2D eigenvalue weighted by Gasteiger charge is -2.13. The van der Waals surface area contributed by atoms with Crippen LogP contribution in [0.25, 0.3) is 22.3 Å². The van der Waals surface area contributed by atoms with Gasteiger partial charge in [-0.3, -0.25) is 4.79 Å². The number of nitrogens with zero attached hydrogens (tertiary/aromatic N) is 4. The van der Waals surface area contributed by atoms with E-state index < -0.39 is 5.60 Å². The van der Waals surface area contributed by atoms with Gasteiger partial charge in [-0.05, 0) is 24.3 Å². The summed E-state index contributed by atoms with van der Waals surface area (Å²) in [5.74, 6) is 5.67. The number of nitrogen functional groups attached to an aromatic ring is 1. The van der Waals surface area contributed by atoms with Gasteiger partial charge in [0.1, 0.15) is 12.1 Å². The molecule has 4 N–H and O–H groups in total. The number of likely N-dealkylation sites (N-methyl/N-ethyl adjacent to an activating group) is 1. The second kappa shape index (κ2) is 7.13. The molecule has 29 heavy (non-hydrogen) atoms. The number of carbonyl (C=O) groups is 1. The molecule has 3 aromatic rings. The van der Waals surface area contributed by atoms with E-state index in [1.165, 1.54) is 4.90 Å². The number of aromatic nitrogens is 3. The second-order valence-electron chi connectivity index (χ2n) is 6.92. The summed E-state index contributed by atoms with van der Waals surface area (Å²) in [7, 11) is 1.65. The SMILES string of the molecule is CN1CCC(O)(C#Cc2cccc(-c3ccc4nc(CO)nc(N)c4n3)c2)C1=O. The van der Waals surface area contributed by atoms with Crippen LogP contribution >= 0.6 is 0 Å². The molecule has 0 saturated carbocycles. The fourth-order valence-electron chi connectivity index (χ4n) is 3.22. The van der Waals surface area contributed by atoms with Gasteiger partial charge >= 0.3 is 0 Å². The van der Waals surface area contributed by atoms with Crippen molar-refractivity contribution in [2.45, 2.75) is 18.6 Å². The number of anilines is 1. The first-order chi connectivity index (χ1) is 13.9. The van der Waals surface area contributed by atoms with E-state index in [9.17, 15) is 15.0 Å². The summed E-state index contributed by atoms with van der Waals surface area (Å²) >= 11 is 0. The van der Waals surface area contributed by atoms with Gasteiger partial charge in [-0.25, -0.2) is 15.0 Å². The van der Waals surface area contributed by atoms with Crippen LogP contribution in [0.15, 0.2) is 36.4 Å². The molecule has 146 valence electrons. The monoisotopic (exact) mass is 389 g/mol. The Kier molecular flexibility index (Phi) is 4.62. The molecule has 2 aromatic heterocycles. The molecule has 1 atom stereocenters. The molecule has 1 unspecified atom stereocenters. The number of hydrogen-bond acceptors (Lipinski definition) is 7. The lowest BCUT2D eigenvalue weighted by molar-refractivity contribution is -0.137. The molecule has 1 aromatic carbocycles. The number of aliphatic hydroxyl groups is 2. The number of fused-ring (bicyclic) bond motifs is 1. The highest BCUT2D eigenvalue weighted by Crippen LogP contribution is 2.24. The summed E-state index contributed by atoms with van der Waals surface area (Å²) in [5.41, 5.74) is 7.42. The van der Waals surface area contributed by atoms with Gasteiger partial charge in [0.2, 0.25) is 5.60 Å². The summed E-state index contributed by atoms with van der Waals surface area (Å²) in [6.45, 7) is 0.180. The third-order valence-corrected chi connectivity index (χ3v) is 4.84. The van der Waals surface area contributed by atoms with Crippen LogP contribution in [0.5, 0.6) is 0 Å². The largest absolute Gasteiger partial charge is 0.388 e. The van der Waals surface area contributed by atoms with Gasteiger partial charge in [0.05, 0.1) is 11.2 Å². The Labute approximate surface area is 167 Å². The standard InChI is InChI=1S/C21H19N5O3/c1-26-10-9-21(29,20(26)28)8-7-13-3-2-4-14(11-13)15-5-6-16-18(24-15)19(22)25-17(12-27)23-16/h2-6,11,27,29H,9-10,12H2,1H3,(H2,22,23,25). The fraction of sp³-hybridized carbons (Fsp3) is 0.238. The Bertz CT molecular complexity index is 1180. The summed E-state index contributed by atoms with van der Waals surface area (Å²) in [4.78, 5) is 26.3.